The Balaban J connectivity index is 1.22. The Hall–Kier alpha value is -2.94. The molecular formula is C30H28Cl2N2O4S. The van der Waals surface area contributed by atoms with E-state index in [9.17, 15) is 9.59 Å². The first kappa shape index (κ1) is 27.6. The third-order valence-electron chi connectivity index (χ3n) is 6.88. The molecule has 0 unspecified atom stereocenters. The van der Waals surface area contributed by atoms with E-state index in [4.69, 9.17) is 32.7 Å². The highest BCUT2D eigenvalue weighted by molar-refractivity contribution is 7.21. The summed E-state index contributed by atoms with van der Waals surface area (Å²) in [6.07, 6.45) is -0.193. The molecular weight excluding hydrogens is 555 g/mol. The van der Waals surface area contributed by atoms with Crippen molar-refractivity contribution in [1.29, 1.82) is 0 Å². The zero-order valence-electron chi connectivity index (χ0n) is 21.4. The lowest BCUT2D eigenvalue weighted by molar-refractivity contribution is 0.00346. The van der Waals surface area contributed by atoms with Crippen molar-refractivity contribution in [2.45, 2.75) is 12.7 Å². The van der Waals surface area contributed by atoms with Crippen molar-refractivity contribution in [1.82, 2.24) is 9.80 Å². The lowest BCUT2D eigenvalue weighted by Gasteiger charge is -2.36. The van der Waals surface area contributed by atoms with E-state index in [1.807, 2.05) is 65.6 Å². The second-order valence-corrected chi connectivity index (χ2v) is 11.2. The summed E-state index contributed by atoms with van der Waals surface area (Å²) >= 11 is 14.2. The number of nitrogens with zero attached hydrogens (tertiary/aromatic N) is 2. The van der Waals surface area contributed by atoms with Gasteiger partial charge in [-0.2, -0.15) is 0 Å². The number of fused-ring (bicyclic) bond motifs is 1. The average molecular weight is 584 g/mol. The summed E-state index contributed by atoms with van der Waals surface area (Å²) < 4.78 is 12.2. The maximum Gasteiger partial charge on any atom is 0.337 e. The number of esters is 1. The molecule has 202 valence electrons. The molecule has 39 heavy (non-hydrogen) atoms. The number of benzene rings is 3. The summed E-state index contributed by atoms with van der Waals surface area (Å²) in [7, 11) is 1.37. The number of ether oxygens (including phenoxy) is 2. The molecule has 1 aliphatic rings. The minimum atomic E-state index is -0.367. The molecule has 0 aliphatic carbocycles. The number of carbonyl (C=O) groups is 2. The van der Waals surface area contributed by atoms with E-state index in [0.717, 1.165) is 34.3 Å². The number of hydrogen-bond donors (Lipinski definition) is 0. The van der Waals surface area contributed by atoms with Gasteiger partial charge in [-0.1, -0.05) is 65.7 Å². The number of methoxy groups -OCH3 is 1. The van der Waals surface area contributed by atoms with E-state index in [-0.39, 0.29) is 18.0 Å². The van der Waals surface area contributed by atoms with E-state index in [1.165, 1.54) is 18.4 Å². The molecule has 3 aromatic carbocycles. The topological polar surface area (TPSA) is 59.1 Å². The fraction of sp³-hybridized carbons (Fsp3) is 0.267. The number of halogens is 2. The highest BCUT2D eigenvalue weighted by Gasteiger charge is 2.27. The highest BCUT2D eigenvalue weighted by atomic mass is 35.5. The van der Waals surface area contributed by atoms with Gasteiger partial charge in [0.05, 0.1) is 30.4 Å². The van der Waals surface area contributed by atoms with E-state index >= 15 is 0 Å². The Labute approximate surface area is 241 Å². The zero-order valence-corrected chi connectivity index (χ0v) is 23.8. The van der Waals surface area contributed by atoms with Crippen LogP contribution in [-0.4, -0.2) is 61.5 Å². The van der Waals surface area contributed by atoms with Crippen molar-refractivity contribution in [3.05, 3.63) is 104 Å². The van der Waals surface area contributed by atoms with E-state index < -0.39 is 0 Å². The first-order chi connectivity index (χ1) is 18.9. The first-order valence-corrected chi connectivity index (χ1v) is 14.2. The van der Waals surface area contributed by atoms with Crippen molar-refractivity contribution in [3.63, 3.8) is 0 Å². The van der Waals surface area contributed by atoms with Crippen LogP contribution >= 0.6 is 34.5 Å². The van der Waals surface area contributed by atoms with Crippen LogP contribution in [-0.2, 0) is 16.1 Å². The Morgan fingerprint density at radius 2 is 1.62 bits per heavy atom. The van der Waals surface area contributed by atoms with Gasteiger partial charge in [-0.05, 0) is 41.5 Å². The number of rotatable bonds is 8. The highest BCUT2D eigenvalue weighted by Crippen LogP contribution is 2.36. The van der Waals surface area contributed by atoms with Crippen molar-refractivity contribution < 1.29 is 19.1 Å². The number of amides is 1. The van der Waals surface area contributed by atoms with Crippen molar-refractivity contribution in [3.8, 4) is 0 Å². The number of thiophene rings is 1. The minimum Gasteiger partial charge on any atom is -0.465 e. The van der Waals surface area contributed by atoms with Crippen LogP contribution in [0.15, 0.2) is 72.8 Å². The Bertz CT molecular complexity index is 1450. The largest absolute Gasteiger partial charge is 0.465 e. The second-order valence-electron chi connectivity index (χ2n) is 9.37. The maximum absolute atomic E-state index is 13.3. The van der Waals surface area contributed by atoms with Crippen LogP contribution in [0.3, 0.4) is 0 Å². The predicted molar refractivity (Wildman–Crippen MR) is 156 cm³/mol. The molecule has 2 heterocycles. The van der Waals surface area contributed by atoms with Crippen molar-refractivity contribution in [2.24, 2.45) is 0 Å². The lowest BCUT2D eigenvalue weighted by Crippen LogP contribution is -2.49. The molecule has 5 rings (SSSR count). The summed E-state index contributed by atoms with van der Waals surface area (Å²) in [5, 5.41) is 2.14. The molecule has 0 bridgehead atoms. The third-order valence-corrected chi connectivity index (χ3v) is 8.80. The standard InChI is InChI=1S/C30H28Cl2N2O4S/c1-37-30(36)22-8-6-20(7-9-22)19-38-25(21-10-12-23(31)13-11-21)18-33-14-16-34(17-15-33)29(35)28-27(32)24-4-2-3-5-26(24)39-28/h2-13,25H,14-19H2,1H3/t25-/m0/s1. The molecule has 1 saturated heterocycles. The number of piperazine rings is 1. The summed E-state index contributed by atoms with van der Waals surface area (Å²) in [5.74, 6) is -0.379. The lowest BCUT2D eigenvalue weighted by atomic mass is 10.1. The molecule has 4 aromatic rings. The van der Waals surface area contributed by atoms with Crippen LogP contribution < -0.4 is 0 Å². The van der Waals surface area contributed by atoms with E-state index in [1.54, 1.807) is 12.1 Å². The van der Waals surface area contributed by atoms with Gasteiger partial charge >= 0.3 is 5.97 Å². The number of carbonyl (C=O) groups excluding carboxylic acids is 2. The molecule has 1 atom stereocenters. The van der Waals surface area contributed by atoms with Crippen LogP contribution in [0.2, 0.25) is 10.0 Å². The van der Waals surface area contributed by atoms with Gasteiger partial charge in [-0.25, -0.2) is 4.79 Å². The quantitative estimate of drug-likeness (QED) is 0.216. The van der Waals surface area contributed by atoms with E-state index in [2.05, 4.69) is 4.90 Å². The third kappa shape index (κ3) is 6.45. The molecule has 0 saturated carbocycles. The molecule has 1 aliphatic heterocycles. The van der Waals surface area contributed by atoms with Crippen LogP contribution in [0.4, 0.5) is 0 Å². The van der Waals surface area contributed by atoms with Gasteiger partial charge in [0.1, 0.15) is 4.88 Å². The van der Waals surface area contributed by atoms with Crippen LogP contribution in [0.25, 0.3) is 10.1 Å². The summed E-state index contributed by atoms with van der Waals surface area (Å²) in [6.45, 7) is 3.76. The fourth-order valence-electron chi connectivity index (χ4n) is 4.65. The van der Waals surface area contributed by atoms with Crippen LogP contribution in [0, 0.1) is 0 Å². The van der Waals surface area contributed by atoms with Gasteiger partial charge in [-0.3, -0.25) is 9.69 Å². The molecule has 9 heteroatoms. The van der Waals surface area contributed by atoms with Gasteiger partial charge in [0.15, 0.2) is 0 Å². The van der Waals surface area contributed by atoms with Crippen molar-refractivity contribution in [2.75, 3.05) is 39.8 Å². The van der Waals surface area contributed by atoms with Crippen molar-refractivity contribution >= 4 is 56.5 Å². The Morgan fingerprint density at radius 1 is 0.923 bits per heavy atom. The summed E-state index contributed by atoms with van der Waals surface area (Å²) in [6, 6.07) is 22.7. The maximum atomic E-state index is 13.3. The zero-order chi connectivity index (χ0) is 27.4. The monoisotopic (exact) mass is 582 g/mol. The molecule has 0 spiro atoms. The van der Waals surface area contributed by atoms with Gasteiger partial charge in [0.2, 0.25) is 0 Å². The summed E-state index contributed by atoms with van der Waals surface area (Å²) in [4.78, 5) is 29.8. The fourth-order valence-corrected chi connectivity index (χ4v) is 6.25. The summed E-state index contributed by atoms with van der Waals surface area (Å²) in [5.41, 5.74) is 2.48. The molecule has 6 nitrogen and oxygen atoms in total. The second kappa shape index (κ2) is 12.5. The number of hydrogen-bond acceptors (Lipinski definition) is 6. The minimum absolute atomic E-state index is 0.0123. The average Bonchev–Trinajstić information content (AvgIpc) is 3.32. The predicted octanol–water partition coefficient (Wildman–Crippen LogP) is 6.71. The van der Waals surface area contributed by atoms with Crippen LogP contribution in [0.5, 0.6) is 0 Å². The van der Waals surface area contributed by atoms with Gasteiger partial charge in [-0.15, -0.1) is 11.3 Å². The van der Waals surface area contributed by atoms with E-state index in [0.29, 0.717) is 46.7 Å². The van der Waals surface area contributed by atoms with Gasteiger partial charge < -0.3 is 14.4 Å². The van der Waals surface area contributed by atoms with Gasteiger partial charge in [0, 0.05) is 47.8 Å². The smallest absolute Gasteiger partial charge is 0.337 e. The molecule has 1 amide bonds. The molecule has 1 aromatic heterocycles. The molecule has 0 radical (unpaired) electrons. The SMILES string of the molecule is COC(=O)c1ccc(CO[C@@H](CN2CCN(C(=O)c3sc4ccccc4c3Cl)CC2)c2ccc(Cl)cc2)cc1. The Morgan fingerprint density at radius 3 is 2.28 bits per heavy atom. The molecule has 1 fully saturated rings. The first-order valence-electron chi connectivity index (χ1n) is 12.7. The Kier molecular flexibility index (Phi) is 8.85. The normalized spacial score (nSPS) is 14.9. The van der Waals surface area contributed by atoms with Gasteiger partial charge in [0.25, 0.3) is 5.91 Å². The molecule has 0 N–H and O–H groups in total. The van der Waals surface area contributed by atoms with Crippen LogP contribution in [0.1, 0.15) is 37.3 Å².